The van der Waals surface area contributed by atoms with Crippen molar-refractivity contribution in [2.75, 3.05) is 26.7 Å². The summed E-state index contributed by atoms with van der Waals surface area (Å²) in [6, 6.07) is 2.09. The molecule has 0 unspecified atom stereocenters. The van der Waals surface area contributed by atoms with Crippen molar-refractivity contribution in [2.24, 2.45) is 0 Å². The monoisotopic (exact) mass is 252 g/mol. The molecule has 0 bridgehead atoms. The highest BCUT2D eigenvalue weighted by molar-refractivity contribution is 5.17. The first-order chi connectivity index (χ1) is 8.83. The third-order valence-corrected chi connectivity index (χ3v) is 3.64. The number of ether oxygens (including phenoxy) is 1. The lowest BCUT2D eigenvalue weighted by Gasteiger charge is -2.31. The lowest BCUT2D eigenvalue weighted by Crippen LogP contribution is -2.36. The van der Waals surface area contributed by atoms with E-state index in [4.69, 9.17) is 9.15 Å². The fraction of sp³-hybridized carbons (Fsp3) is 0.714. The van der Waals surface area contributed by atoms with Crippen LogP contribution in [0.25, 0.3) is 0 Å². The molecule has 4 nitrogen and oxygen atoms in total. The van der Waals surface area contributed by atoms with Gasteiger partial charge in [-0.1, -0.05) is 6.92 Å². The smallest absolute Gasteiger partial charge is 0.122 e. The van der Waals surface area contributed by atoms with Crippen molar-refractivity contribution in [3.8, 4) is 0 Å². The molecule has 0 spiro atoms. The van der Waals surface area contributed by atoms with Crippen LogP contribution in [-0.2, 0) is 17.8 Å². The fourth-order valence-electron chi connectivity index (χ4n) is 2.45. The van der Waals surface area contributed by atoms with Crippen LogP contribution >= 0.6 is 0 Å². The van der Waals surface area contributed by atoms with Gasteiger partial charge in [0.05, 0.1) is 18.9 Å². The van der Waals surface area contributed by atoms with Gasteiger partial charge >= 0.3 is 0 Å². The highest BCUT2D eigenvalue weighted by atomic mass is 16.5. The van der Waals surface area contributed by atoms with Gasteiger partial charge in [-0.25, -0.2) is 0 Å². The van der Waals surface area contributed by atoms with Gasteiger partial charge in [-0.15, -0.1) is 0 Å². The second-order valence-corrected chi connectivity index (χ2v) is 4.86. The maximum atomic E-state index is 5.54. The van der Waals surface area contributed by atoms with Crippen molar-refractivity contribution in [3.63, 3.8) is 0 Å². The topological polar surface area (TPSA) is 37.6 Å². The van der Waals surface area contributed by atoms with Crippen molar-refractivity contribution in [2.45, 2.75) is 39.0 Å². The van der Waals surface area contributed by atoms with E-state index in [-0.39, 0.29) is 0 Å². The predicted molar refractivity (Wildman–Crippen MR) is 71.4 cm³/mol. The molecule has 0 aliphatic carbocycles. The molecule has 1 aromatic heterocycles. The largest absolute Gasteiger partial charge is 0.468 e. The molecule has 4 heteroatoms. The van der Waals surface area contributed by atoms with E-state index in [1.807, 2.05) is 7.11 Å². The Bertz CT molecular complexity index is 343. The molecule has 1 saturated heterocycles. The number of likely N-dealkylation sites (tertiary alicyclic amines) is 1. The Kier molecular flexibility index (Phi) is 5.23. The Hall–Kier alpha value is -0.840. The van der Waals surface area contributed by atoms with E-state index in [0.29, 0.717) is 6.10 Å². The summed E-state index contributed by atoms with van der Waals surface area (Å²) in [6.45, 7) is 7.13. The van der Waals surface area contributed by atoms with Crippen LogP contribution in [0, 0.1) is 0 Å². The van der Waals surface area contributed by atoms with Gasteiger partial charge in [0.25, 0.3) is 0 Å². The molecule has 0 radical (unpaired) electrons. The Balaban J connectivity index is 1.84. The molecule has 0 amide bonds. The molecular formula is C14H24N2O2. The molecule has 2 rings (SSSR count). The minimum atomic E-state index is 0.451. The van der Waals surface area contributed by atoms with E-state index in [1.165, 1.54) is 5.56 Å². The standard InChI is InChI=1S/C14H24N2O2/c1-3-15-10-14-12(6-9-18-14)11-16-7-4-13(17-2)5-8-16/h6,9,13,15H,3-5,7-8,10-11H2,1-2H3. The van der Waals surface area contributed by atoms with Crippen molar-refractivity contribution in [1.82, 2.24) is 10.2 Å². The molecule has 0 aromatic carbocycles. The van der Waals surface area contributed by atoms with E-state index >= 15 is 0 Å². The van der Waals surface area contributed by atoms with Gasteiger partial charge in [-0.05, 0) is 25.5 Å². The summed E-state index contributed by atoms with van der Waals surface area (Å²) in [6.07, 6.45) is 4.52. The summed E-state index contributed by atoms with van der Waals surface area (Å²) in [7, 11) is 1.81. The third kappa shape index (κ3) is 3.57. The normalized spacial score (nSPS) is 18.3. The first kappa shape index (κ1) is 13.6. The van der Waals surface area contributed by atoms with Crippen molar-refractivity contribution in [1.29, 1.82) is 0 Å². The number of piperidine rings is 1. The summed E-state index contributed by atoms with van der Waals surface area (Å²) < 4.78 is 10.9. The van der Waals surface area contributed by atoms with Gasteiger partial charge in [0.15, 0.2) is 0 Å². The van der Waals surface area contributed by atoms with Crippen LogP contribution in [0.2, 0.25) is 0 Å². The molecule has 18 heavy (non-hydrogen) atoms. The minimum absolute atomic E-state index is 0.451. The molecule has 1 aliphatic heterocycles. The van der Waals surface area contributed by atoms with E-state index in [1.54, 1.807) is 6.26 Å². The number of nitrogens with one attached hydrogen (secondary N) is 1. The summed E-state index contributed by atoms with van der Waals surface area (Å²) in [4.78, 5) is 2.48. The Morgan fingerprint density at radius 3 is 2.89 bits per heavy atom. The zero-order chi connectivity index (χ0) is 12.8. The molecule has 0 saturated carbocycles. The molecule has 1 aliphatic rings. The molecule has 1 N–H and O–H groups in total. The lowest BCUT2D eigenvalue weighted by molar-refractivity contribution is 0.0387. The predicted octanol–water partition coefficient (Wildman–Crippen LogP) is 2.00. The van der Waals surface area contributed by atoms with Crippen LogP contribution in [0.3, 0.4) is 0 Å². The summed E-state index contributed by atoms with van der Waals surface area (Å²) >= 11 is 0. The van der Waals surface area contributed by atoms with Crippen LogP contribution in [0.5, 0.6) is 0 Å². The number of hydrogen-bond donors (Lipinski definition) is 1. The average molecular weight is 252 g/mol. The highest BCUT2D eigenvalue weighted by Gasteiger charge is 2.19. The molecule has 1 fully saturated rings. The van der Waals surface area contributed by atoms with Crippen LogP contribution in [0.15, 0.2) is 16.7 Å². The van der Waals surface area contributed by atoms with Gasteiger partial charge in [0.1, 0.15) is 5.76 Å². The van der Waals surface area contributed by atoms with Gasteiger partial charge < -0.3 is 14.5 Å². The zero-order valence-electron chi connectivity index (χ0n) is 11.4. The second-order valence-electron chi connectivity index (χ2n) is 4.86. The summed E-state index contributed by atoms with van der Waals surface area (Å²) in [5.41, 5.74) is 1.31. The number of methoxy groups -OCH3 is 1. The van der Waals surface area contributed by atoms with E-state index < -0.39 is 0 Å². The number of furan rings is 1. The van der Waals surface area contributed by atoms with Crippen molar-refractivity contribution < 1.29 is 9.15 Å². The van der Waals surface area contributed by atoms with Crippen LogP contribution in [-0.4, -0.2) is 37.7 Å². The van der Waals surface area contributed by atoms with Gasteiger partial charge in [-0.2, -0.15) is 0 Å². The Morgan fingerprint density at radius 1 is 1.44 bits per heavy atom. The first-order valence-corrected chi connectivity index (χ1v) is 6.84. The first-order valence-electron chi connectivity index (χ1n) is 6.84. The maximum Gasteiger partial charge on any atom is 0.122 e. The fourth-order valence-corrected chi connectivity index (χ4v) is 2.45. The quantitative estimate of drug-likeness (QED) is 0.840. The van der Waals surface area contributed by atoms with E-state index in [0.717, 1.165) is 51.3 Å². The van der Waals surface area contributed by atoms with Crippen LogP contribution in [0.4, 0.5) is 0 Å². The number of rotatable bonds is 6. The molecule has 1 aromatic rings. The zero-order valence-corrected chi connectivity index (χ0v) is 11.4. The highest BCUT2D eigenvalue weighted by Crippen LogP contribution is 2.18. The molecule has 2 heterocycles. The molecular weight excluding hydrogens is 228 g/mol. The summed E-state index contributed by atoms with van der Waals surface area (Å²) in [5.74, 6) is 1.07. The SMILES string of the molecule is CCNCc1occc1CN1CCC(OC)CC1. The minimum Gasteiger partial charge on any atom is -0.468 e. The Labute approximate surface area is 109 Å². The molecule has 102 valence electrons. The van der Waals surface area contributed by atoms with Gasteiger partial charge in [-0.3, -0.25) is 4.90 Å². The third-order valence-electron chi connectivity index (χ3n) is 3.64. The second kappa shape index (κ2) is 6.92. The Morgan fingerprint density at radius 2 is 2.22 bits per heavy atom. The molecule has 0 atom stereocenters. The number of hydrogen-bond acceptors (Lipinski definition) is 4. The summed E-state index contributed by atoms with van der Waals surface area (Å²) in [5, 5.41) is 3.31. The average Bonchev–Trinajstić information content (AvgIpc) is 2.84. The van der Waals surface area contributed by atoms with Gasteiger partial charge in [0, 0.05) is 32.3 Å². The number of nitrogens with zero attached hydrogens (tertiary/aromatic N) is 1. The van der Waals surface area contributed by atoms with Gasteiger partial charge in [0.2, 0.25) is 0 Å². The van der Waals surface area contributed by atoms with Crippen molar-refractivity contribution in [3.05, 3.63) is 23.7 Å². The van der Waals surface area contributed by atoms with Crippen LogP contribution < -0.4 is 5.32 Å². The lowest BCUT2D eigenvalue weighted by atomic mass is 10.1. The van der Waals surface area contributed by atoms with E-state index in [2.05, 4.69) is 23.2 Å². The van der Waals surface area contributed by atoms with Crippen molar-refractivity contribution >= 4 is 0 Å². The maximum absolute atomic E-state index is 5.54. The van der Waals surface area contributed by atoms with E-state index in [9.17, 15) is 0 Å². The van der Waals surface area contributed by atoms with Crippen LogP contribution in [0.1, 0.15) is 31.1 Å².